The van der Waals surface area contributed by atoms with Gasteiger partial charge in [-0.1, -0.05) is 35.0 Å². The molecule has 2 N–H and O–H groups in total. The summed E-state index contributed by atoms with van der Waals surface area (Å²) in [5.41, 5.74) is 0.628. The van der Waals surface area contributed by atoms with E-state index >= 15 is 0 Å². The normalized spacial score (nSPS) is 17.3. The van der Waals surface area contributed by atoms with Gasteiger partial charge < -0.3 is 15.4 Å². The van der Waals surface area contributed by atoms with E-state index in [0.29, 0.717) is 27.3 Å². The Hall–Kier alpha value is -1.37. The molecule has 1 aliphatic heterocycles. The van der Waals surface area contributed by atoms with Crippen molar-refractivity contribution in [1.29, 1.82) is 0 Å². The molecule has 0 fully saturated rings. The van der Waals surface area contributed by atoms with E-state index < -0.39 is 0 Å². The summed E-state index contributed by atoms with van der Waals surface area (Å²) in [4.78, 5) is 23.7. The van der Waals surface area contributed by atoms with E-state index in [4.69, 9.17) is 27.9 Å². The van der Waals surface area contributed by atoms with Crippen molar-refractivity contribution in [2.75, 3.05) is 19.0 Å². The number of allylic oxidation sites excluding steroid dienone is 1. The summed E-state index contributed by atoms with van der Waals surface area (Å²) in [7, 11) is 1.57. The van der Waals surface area contributed by atoms with Crippen molar-refractivity contribution in [3.05, 3.63) is 33.7 Å². The highest BCUT2D eigenvalue weighted by molar-refractivity contribution is 8.06. The van der Waals surface area contributed by atoms with Gasteiger partial charge in [0, 0.05) is 17.1 Å². The number of ether oxygens (including phenoxy) is 1. The zero-order valence-electron chi connectivity index (χ0n) is 11.7. The third kappa shape index (κ3) is 4.56. The minimum Gasteiger partial charge on any atom is -0.497 e. The molecule has 1 aromatic rings. The summed E-state index contributed by atoms with van der Waals surface area (Å²) in [5.74, 6) is 0.126. The van der Waals surface area contributed by atoms with Gasteiger partial charge in [0.2, 0.25) is 11.8 Å². The van der Waals surface area contributed by atoms with Crippen LogP contribution < -0.4 is 15.4 Å². The molecule has 2 amide bonds. The number of thioether (sulfide) groups is 1. The summed E-state index contributed by atoms with van der Waals surface area (Å²) < 4.78 is 5.46. The maximum atomic E-state index is 11.9. The molecule has 0 saturated heterocycles. The maximum Gasteiger partial charge on any atom is 0.243 e. The van der Waals surface area contributed by atoms with Gasteiger partial charge in [0.15, 0.2) is 0 Å². The van der Waals surface area contributed by atoms with Crippen LogP contribution in [0.3, 0.4) is 0 Å². The number of methoxy groups -OCH3 is 1. The average molecular weight is 361 g/mol. The molecule has 1 unspecified atom stereocenters. The Morgan fingerprint density at radius 2 is 2.00 bits per heavy atom. The number of carbonyl (C=O) groups is 2. The first-order chi connectivity index (χ1) is 10.5. The molecule has 8 heteroatoms. The van der Waals surface area contributed by atoms with E-state index in [0.717, 1.165) is 0 Å². The van der Waals surface area contributed by atoms with Gasteiger partial charge in [0.1, 0.15) is 5.75 Å². The summed E-state index contributed by atoms with van der Waals surface area (Å²) in [6, 6.07) is 6.90. The van der Waals surface area contributed by atoms with Crippen LogP contribution in [0.15, 0.2) is 33.7 Å². The monoisotopic (exact) mass is 360 g/mol. The second-order valence-corrected chi connectivity index (χ2v) is 6.76. The molecule has 0 aromatic heterocycles. The molecular weight excluding hydrogens is 347 g/mol. The average Bonchev–Trinajstić information content (AvgIpc) is 2.85. The number of nitrogens with one attached hydrogen (secondary N) is 2. The van der Waals surface area contributed by atoms with E-state index in [1.54, 1.807) is 31.4 Å². The quantitative estimate of drug-likeness (QED) is 0.846. The van der Waals surface area contributed by atoms with Crippen LogP contribution in [0.4, 0.5) is 5.69 Å². The number of hydrogen-bond acceptors (Lipinski definition) is 4. The second-order valence-electron chi connectivity index (χ2n) is 4.48. The SMILES string of the molecule is COc1ccc(NC(=O)CNC(=O)C2CC(Cl)=C(Cl)S2)cc1. The molecule has 118 valence electrons. The largest absolute Gasteiger partial charge is 0.497 e. The van der Waals surface area contributed by atoms with E-state index in [9.17, 15) is 9.59 Å². The number of amides is 2. The lowest BCUT2D eigenvalue weighted by Gasteiger charge is -2.10. The molecule has 1 heterocycles. The number of halogens is 2. The minimum absolute atomic E-state index is 0.114. The molecule has 0 aliphatic carbocycles. The lowest BCUT2D eigenvalue weighted by atomic mass is 10.3. The van der Waals surface area contributed by atoms with Gasteiger partial charge in [-0.3, -0.25) is 9.59 Å². The van der Waals surface area contributed by atoms with Crippen LogP contribution in [0.5, 0.6) is 5.75 Å². The first kappa shape index (κ1) is 17.0. The topological polar surface area (TPSA) is 67.4 Å². The van der Waals surface area contributed by atoms with E-state index in [1.165, 1.54) is 11.8 Å². The van der Waals surface area contributed by atoms with Gasteiger partial charge in [0.05, 0.1) is 23.3 Å². The van der Waals surface area contributed by atoms with Crippen LogP contribution in [-0.2, 0) is 9.59 Å². The zero-order chi connectivity index (χ0) is 16.1. The summed E-state index contributed by atoms with van der Waals surface area (Å²) in [6.07, 6.45) is 0.386. The number of carbonyl (C=O) groups excluding carboxylic acids is 2. The van der Waals surface area contributed by atoms with Crippen molar-refractivity contribution < 1.29 is 14.3 Å². The van der Waals surface area contributed by atoms with Crippen molar-refractivity contribution in [1.82, 2.24) is 5.32 Å². The zero-order valence-corrected chi connectivity index (χ0v) is 14.0. The Balaban J connectivity index is 1.76. The van der Waals surface area contributed by atoms with Gasteiger partial charge in [-0.2, -0.15) is 0 Å². The molecule has 0 saturated carbocycles. The Morgan fingerprint density at radius 3 is 2.55 bits per heavy atom. The molecule has 0 radical (unpaired) electrons. The lowest BCUT2D eigenvalue weighted by molar-refractivity contribution is -0.123. The Kier molecular flexibility index (Phi) is 5.99. The lowest BCUT2D eigenvalue weighted by Crippen LogP contribution is -2.37. The highest BCUT2D eigenvalue weighted by atomic mass is 35.5. The standard InChI is InChI=1S/C14H14Cl2N2O3S/c1-21-9-4-2-8(3-5-9)18-12(19)7-17-14(20)11-6-10(15)13(16)22-11/h2-5,11H,6-7H2,1H3,(H,17,20)(H,18,19). The van der Waals surface area contributed by atoms with E-state index in [1.807, 2.05) is 0 Å². The van der Waals surface area contributed by atoms with Crippen LogP contribution in [0, 0.1) is 0 Å². The van der Waals surface area contributed by atoms with E-state index in [2.05, 4.69) is 10.6 Å². The van der Waals surface area contributed by atoms with Gasteiger partial charge in [-0.25, -0.2) is 0 Å². The summed E-state index contributed by atoms with van der Waals surface area (Å²) in [5, 5.41) is 5.35. The van der Waals surface area contributed by atoms with Crippen molar-refractivity contribution in [3.8, 4) is 5.75 Å². The summed E-state index contributed by atoms with van der Waals surface area (Å²) >= 11 is 12.9. The Morgan fingerprint density at radius 1 is 1.32 bits per heavy atom. The minimum atomic E-state index is -0.381. The number of hydrogen-bond donors (Lipinski definition) is 2. The van der Waals surface area contributed by atoms with Crippen molar-refractivity contribution in [3.63, 3.8) is 0 Å². The fourth-order valence-corrected chi connectivity index (χ4v) is 3.46. The number of rotatable bonds is 5. The third-order valence-electron chi connectivity index (χ3n) is 2.91. The van der Waals surface area contributed by atoms with Crippen molar-refractivity contribution in [2.45, 2.75) is 11.7 Å². The summed E-state index contributed by atoms with van der Waals surface area (Å²) in [6.45, 7) is -0.114. The first-order valence-corrected chi connectivity index (χ1v) is 8.05. The second kappa shape index (κ2) is 7.76. The van der Waals surface area contributed by atoms with Crippen LogP contribution >= 0.6 is 35.0 Å². The molecule has 1 atom stereocenters. The van der Waals surface area contributed by atoms with E-state index in [-0.39, 0.29) is 23.6 Å². The van der Waals surface area contributed by atoms with Gasteiger partial charge in [-0.15, -0.1) is 0 Å². The Labute approximate surface area is 142 Å². The molecule has 0 spiro atoms. The number of anilines is 1. The molecule has 2 rings (SSSR count). The van der Waals surface area contributed by atoms with Crippen molar-refractivity contribution >= 4 is 52.5 Å². The van der Waals surface area contributed by atoms with Crippen LogP contribution in [-0.4, -0.2) is 30.7 Å². The van der Waals surface area contributed by atoms with Crippen LogP contribution in [0.25, 0.3) is 0 Å². The van der Waals surface area contributed by atoms with Crippen molar-refractivity contribution in [2.24, 2.45) is 0 Å². The molecule has 5 nitrogen and oxygen atoms in total. The molecule has 0 bridgehead atoms. The predicted octanol–water partition coefficient (Wildman–Crippen LogP) is 2.90. The predicted molar refractivity (Wildman–Crippen MR) is 89.4 cm³/mol. The smallest absolute Gasteiger partial charge is 0.243 e. The molecule has 1 aliphatic rings. The number of benzene rings is 1. The maximum absolute atomic E-state index is 11.9. The molecular formula is C14H14Cl2N2O3S. The van der Waals surface area contributed by atoms with Gasteiger partial charge >= 0.3 is 0 Å². The molecule has 22 heavy (non-hydrogen) atoms. The van der Waals surface area contributed by atoms with Gasteiger partial charge in [-0.05, 0) is 24.3 Å². The highest BCUT2D eigenvalue weighted by Crippen LogP contribution is 2.41. The van der Waals surface area contributed by atoms with Crippen LogP contribution in [0.2, 0.25) is 0 Å². The van der Waals surface area contributed by atoms with Gasteiger partial charge in [0.25, 0.3) is 0 Å². The first-order valence-electron chi connectivity index (χ1n) is 6.42. The van der Waals surface area contributed by atoms with Crippen LogP contribution in [0.1, 0.15) is 6.42 Å². The fraction of sp³-hybridized carbons (Fsp3) is 0.286. The Bertz CT molecular complexity index is 591. The molecule has 1 aromatic carbocycles. The third-order valence-corrected chi connectivity index (χ3v) is 5.08. The highest BCUT2D eigenvalue weighted by Gasteiger charge is 2.29. The fourth-order valence-electron chi connectivity index (χ4n) is 1.78.